The third kappa shape index (κ3) is 5.10. The summed E-state index contributed by atoms with van der Waals surface area (Å²) in [6.07, 6.45) is 10.1. The minimum absolute atomic E-state index is 0.525. The van der Waals surface area contributed by atoms with Gasteiger partial charge in [-0.25, -0.2) is 0 Å². The number of hydrogen-bond acceptors (Lipinski definition) is 4. The molecule has 2 saturated heterocycles. The molecule has 0 spiro atoms. The second-order valence-corrected chi connectivity index (χ2v) is 9.19. The van der Waals surface area contributed by atoms with Crippen molar-refractivity contribution in [3.63, 3.8) is 0 Å². The van der Waals surface area contributed by atoms with Gasteiger partial charge in [0.1, 0.15) is 0 Å². The van der Waals surface area contributed by atoms with Crippen molar-refractivity contribution in [3.05, 3.63) is 47.1 Å². The van der Waals surface area contributed by atoms with Gasteiger partial charge in [-0.15, -0.1) is 0 Å². The fourth-order valence-electron chi connectivity index (χ4n) is 5.03. The molecule has 154 valence electrons. The Hall–Kier alpha value is -1.07. The molecule has 3 aliphatic rings. The van der Waals surface area contributed by atoms with Crippen LogP contribution in [0.4, 0.5) is 0 Å². The van der Waals surface area contributed by atoms with Crippen LogP contribution in [0.25, 0.3) is 0 Å². The molecule has 28 heavy (non-hydrogen) atoms. The van der Waals surface area contributed by atoms with Gasteiger partial charge in [0.2, 0.25) is 0 Å². The maximum Gasteiger partial charge on any atom is 0.0794 e. The Kier molecular flexibility index (Phi) is 6.94. The van der Waals surface area contributed by atoms with Gasteiger partial charge in [0, 0.05) is 37.2 Å². The van der Waals surface area contributed by atoms with E-state index in [0.717, 1.165) is 17.6 Å². The van der Waals surface area contributed by atoms with Gasteiger partial charge in [-0.2, -0.15) is 0 Å². The van der Waals surface area contributed by atoms with Crippen LogP contribution in [0.15, 0.2) is 36.5 Å². The van der Waals surface area contributed by atoms with Crippen molar-refractivity contribution in [2.45, 2.75) is 51.4 Å². The van der Waals surface area contributed by atoms with Gasteiger partial charge < -0.3 is 5.32 Å². The molecule has 4 nitrogen and oxygen atoms in total. The van der Waals surface area contributed by atoms with Crippen molar-refractivity contribution in [1.82, 2.24) is 20.0 Å². The Morgan fingerprint density at radius 3 is 2.54 bits per heavy atom. The van der Waals surface area contributed by atoms with Crippen LogP contribution in [0.1, 0.15) is 38.2 Å². The molecule has 2 fully saturated rings. The molecular weight excluding hydrogens is 368 g/mol. The third-order valence-electron chi connectivity index (χ3n) is 6.74. The van der Waals surface area contributed by atoms with E-state index < -0.39 is 0 Å². The lowest BCUT2D eigenvalue weighted by molar-refractivity contribution is 0.101. The average molecular weight is 403 g/mol. The Labute approximate surface area is 175 Å². The Balaban J connectivity index is 1.25. The fourth-order valence-corrected chi connectivity index (χ4v) is 5.22. The molecule has 4 rings (SSSR count). The molecule has 0 aromatic heterocycles. The molecule has 1 aromatic rings. The summed E-state index contributed by atoms with van der Waals surface area (Å²) in [6.45, 7) is 10.6. The first-order chi connectivity index (χ1) is 13.7. The van der Waals surface area contributed by atoms with Gasteiger partial charge >= 0.3 is 0 Å². The summed E-state index contributed by atoms with van der Waals surface area (Å²) in [5.41, 5.74) is 1.26. The van der Waals surface area contributed by atoms with Crippen LogP contribution in [0.5, 0.6) is 0 Å². The highest BCUT2D eigenvalue weighted by atomic mass is 35.5. The molecule has 0 radical (unpaired) electrons. The minimum atomic E-state index is 0.525. The molecule has 3 aliphatic heterocycles. The van der Waals surface area contributed by atoms with Crippen molar-refractivity contribution in [1.29, 1.82) is 0 Å². The number of rotatable bonds is 4. The molecule has 2 unspecified atom stereocenters. The fraction of sp³-hybridized carbons (Fsp3) is 0.652. The lowest BCUT2D eigenvalue weighted by Crippen LogP contribution is -2.49. The summed E-state index contributed by atoms with van der Waals surface area (Å²) in [4.78, 5) is 8.02. The number of hydrogen-bond donors (Lipinski definition) is 1. The highest BCUT2D eigenvalue weighted by Crippen LogP contribution is 2.23. The number of nitrogens with one attached hydrogen (secondary N) is 1. The zero-order valence-corrected chi connectivity index (χ0v) is 17.9. The molecule has 0 amide bonds. The van der Waals surface area contributed by atoms with E-state index in [4.69, 9.17) is 11.6 Å². The number of likely N-dealkylation sites (tertiary alicyclic amines) is 1. The van der Waals surface area contributed by atoms with Crippen molar-refractivity contribution < 1.29 is 0 Å². The second kappa shape index (κ2) is 9.62. The van der Waals surface area contributed by atoms with Crippen LogP contribution in [0, 0.1) is 5.92 Å². The lowest BCUT2D eigenvalue weighted by Gasteiger charge is -2.38. The summed E-state index contributed by atoms with van der Waals surface area (Å²) < 4.78 is 0. The number of benzene rings is 1. The quantitative estimate of drug-likeness (QED) is 0.827. The van der Waals surface area contributed by atoms with Crippen molar-refractivity contribution in [3.8, 4) is 0 Å². The van der Waals surface area contributed by atoms with Gasteiger partial charge in [0.05, 0.1) is 6.17 Å². The first-order valence-electron chi connectivity index (χ1n) is 11.1. The Morgan fingerprint density at radius 2 is 1.75 bits per heavy atom. The number of halogens is 1. The zero-order chi connectivity index (χ0) is 19.3. The van der Waals surface area contributed by atoms with Crippen LogP contribution in [0.2, 0.25) is 5.02 Å². The molecule has 0 aliphatic carbocycles. The lowest BCUT2D eigenvalue weighted by atomic mass is 10.0. The summed E-state index contributed by atoms with van der Waals surface area (Å²) in [5, 5.41) is 4.48. The van der Waals surface area contributed by atoms with E-state index in [1.54, 1.807) is 0 Å². The van der Waals surface area contributed by atoms with Gasteiger partial charge in [-0.05, 0) is 69.1 Å². The second-order valence-electron chi connectivity index (χ2n) is 8.78. The predicted molar refractivity (Wildman–Crippen MR) is 117 cm³/mol. The van der Waals surface area contributed by atoms with Gasteiger partial charge in [0.15, 0.2) is 0 Å². The summed E-state index contributed by atoms with van der Waals surface area (Å²) in [6, 6.07) is 9.02. The van der Waals surface area contributed by atoms with Gasteiger partial charge in [0.25, 0.3) is 0 Å². The Bertz CT molecular complexity index is 656. The van der Waals surface area contributed by atoms with E-state index in [-0.39, 0.29) is 0 Å². The van der Waals surface area contributed by atoms with E-state index in [1.165, 1.54) is 70.5 Å². The number of piperidine rings is 1. The van der Waals surface area contributed by atoms with Crippen molar-refractivity contribution >= 4 is 11.6 Å². The molecule has 0 bridgehead atoms. The number of allylic oxidation sites excluding steroid dienone is 1. The standard InChI is InChI=1S/C23H35ClN4/c1-19-7-10-25-23(17-19)28-12-4-11-27(15-16-28)21-8-13-26(14-9-21)18-20-5-2-3-6-22(20)24/h2-3,5-7,10,19,21,23,25H,4,8-9,11-18H2,1H3. The SMILES string of the molecule is CC1C=CNC(N2CCCN(C3CCN(Cc4ccccc4Cl)CC3)CC2)C1. The maximum absolute atomic E-state index is 6.35. The van der Waals surface area contributed by atoms with Crippen LogP contribution >= 0.6 is 11.6 Å². The first kappa shape index (κ1) is 20.2. The van der Waals surface area contributed by atoms with E-state index in [9.17, 15) is 0 Å². The third-order valence-corrected chi connectivity index (χ3v) is 7.11. The molecule has 1 N–H and O–H groups in total. The summed E-state index contributed by atoms with van der Waals surface area (Å²) >= 11 is 6.35. The topological polar surface area (TPSA) is 21.8 Å². The number of nitrogens with zero attached hydrogens (tertiary/aromatic N) is 3. The minimum Gasteiger partial charge on any atom is -0.376 e. The van der Waals surface area contributed by atoms with Crippen LogP contribution in [-0.4, -0.2) is 66.2 Å². The molecular formula is C23H35ClN4. The molecule has 2 atom stereocenters. The molecule has 0 saturated carbocycles. The van der Waals surface area contributed by atoms with Crippen LogP contribution in [0.3, 0.4) is 0 Å². The van der Waals surface area contributed by atoms with Crippen LogP contribution < -0.4 is 5.32 Å². The van der Waals surface area contributed by atoms with Gasteiger partial charge in [-0.1, -0.05) is 42.8 Å². The van der Waals surface area contributed by atoms with E-state index in [2.05, 4.69) is 51.3 Å². The van der Waals surface area contributed by atoms with E-state index in [0.29, 0.717) is 12.1 Å². The Morgan fingerprint density at radius 1 is 1.00 bits per heavy atom. The van der Waals surface area contributed by atoms with Crippen molar-refractivity contribution in [2.75, 3.05) is 39.3 Å². The summed E-state index contributed by atoms with van der Waals surface area (Å²) in [5.74, 6) is 0.688. The first-order valence-corrected chi connectivity index (χ1v) is 11.4. The largest absolute Gasteiger partial charge is 0.376 e. The normalized spacial score (nSPS) is 28.8. The van der Waals surface area contributed by atoms with E-state index in [1.807, 2.05) is 12.1 Å². The smallest absolute Gasteiger partial charge is 0.0794 e. The molecule has 3 heterocycles. The monoisotopic (exact) mass is 402 g/mol. The summed E-state index contributed by atoms with van der Waals surface area (Å²) in [7, 11) is 0. The van der Waals surface area contributed by atoms with Crippen LogP contribution in [-0.2, 0) is 6.54 Å². The maximum atomic E-state index is 6.35. The highest BCUT2D eigenvalue weighted by Gasteiger charge is 2.29. The average Bonchev–Trinajstić information content (AvgIpc) is 2.97. The molecule has 1 aromatic carbocycles. The van der Waals surface area contributed by atoms with E-state index >= 15 is 0 Å². The zero-order valence-electron chi connectivity index (χ0n) is 17.2. The molecule has 5 heteroatoms. The van der Waals surface area contributed by atoms with Gasteiger partial charge in [-0.3, -0.25) is 14.7 Å². The predicted octanol–water partition coefficient (Wildman–Crippen LogP) is 3.78. The highest BCUT2D eigenvalue weighted by molar-refractivity contribution is 6.31. The van der Waals surface area contributed by atoms with Crippen molar-refractivity contribution in [2.24, 2.45) is 5.92 Å².